The fourth-order valence-electron chi connectivity index (χ4n) is 1.35. The first-order chi connectivity index (χ1) is 8.20. The number of aryl methyl sites for hydroxylation is 1. The van der Waals surface area contributed by atoms with Crippen molar-refractivity contribution in [2.75, 3.05) is 0 Å². The molecular weight excluding hydrogens is 221 g/mol. The molecule has 0 atom stereocenters. The van der Waals surface area contributed by atoms with Crippen molar-refractivity contribution < 1.29 is 9.13 Å². The van der Waals surface area contributed by atoms with Crippen molar-refractivity contribution >= 4 is 0 Å². The van der Waals surface area contributed by atoms with Gasteiger partial charge in [-0.25, -0.2) is 4.98 Å². The molecule has 0 saturated carbocycles. The Balaban J connectivity index is 2.28. The Morgan fingerprint density at radius 3 is 2.94 bits per heavy atom. The van der Waals surface area contributed by atoms with E-state index in [0.29, 0.717) is 12.3 Å². The van der Waals surface area contributed by atoms with Crippen LogP contribution < -0.4 is 10.5 Å². The summed E-state index contributed by atoms with van der Waals surface area (Å²) in [7, 11) is 0. The van der Waals surface area contributed by atoms with Gasteiger partial charge in [0.05, 0.1) is 5.69 Å². The minimum absolute atomic E-state index is 0.0772. The lowest BCUT2D eigenvalue weighted by molar-refractivity contribution is 0.416. The number of rotatable bonds is 3. The molecule has 2 rings (SSSR count). The predicted molar refractivity (Wildman–Crippen MR) is 61.1 cm³/mol. The topological polar surface area (TPSA) is 61.0 Å². The van der Waals surface area contributed by atoms with Gasteiger partial charge in [0.25, 0.3) is 5.88 Å². The van der Waals surface area contributed by atoms with Gasteiger partial charge in [0.2, 0.25) is 5.82 Å². The minimum Gasteiger partial charge on any atom is -0.436 e. The molecule has 0 aliphatic rings. The lowest BCUT2D eigenvalue weighted by Crippen LogP contribution is -1.99. The van der Waals surface area contributed by atoms with E-state index in [2.05, 4.69) is 9.97 Å². The molecule has 17 heavy (non-hydrogen) atoms. The van der Waals surface area contributed by atoms with Crippen LogP contribution in [-0.4, -0.2) is 9.97 Å². The summed E-state index contributed by atoms with van der Waals surface area (Å²) in [5, 5.41) is 0. The first-order valence-electron chi connectivity index (χ1n) is 5.14. The third kappa shape index (κ3) is 2.57. The Labute approximate surface area is 98.3 Å². The van der Waals surface area contributed by atoms with Gasteiger partial charge in [0.1, 0.15) is 12.1 Å². The lowest BCUT2D eigenvalue weighted by Gasteiger charge is -2.07. The Morgan fingerprint density at radius 1 is 1.35 bits per heavy atom. The van der Waals surface area contributed by atoms with Crippen molar-refractivity contribution in [2.24, 2.45) is 5.73 Å². The molecule has 2 N–H and O–H groups in total. The molecule has 0 amide bonds. The van der Waals surface area contributed by atoms with Gasteiger partial charge in [-0.3, -0.25) is 0 Å². The van der Waals surface area contributed by atoms with Crippen molar-refractivity contribution in [3.8, 4) is 11.6 Å². The van der Waals surface area contributed by atoms with Gasteiger partial charge in [-0.15, -0.1) is 0 Å². The first kappa shape index (κ1) is 11.5. The minimum atomic E-state index is -0.550. The molecule has 0 fully saturated rings. The maximum atomic E-state index is 13.6. The molecule has 4 nitrogen and oxygen atoms in total. The highest BCUT2D eigenvalue weighted by Gasteiger charge is 2.09. The maximum absolute atomic E-state index is 13.6. The van der Waals surface area contributed by atoms with Gasteiger partial charge in [0, 0.05) is 6.54 Å². The second-order valence-electron chi connectivity index (χ2n) is 3.53. The largest absolute Gasteiger partial charge is 0.436 e. The highest BCUT2D eigenvalue weighted by molar-refractivity contribution is 5.32. The summed E-state index contributed by atoms with van der Waals surface area (Å²) in [5.74, 6) is -0.123. The van der Waals surface area contributed by atoms with Gasteiger partial charge in [-0.1, -0.05) is 12.1 Å². The van der Waals surface area contributed by atoms with Crippen LogP contribution in [0.15, 0.2) is 30.6 Å². The SMILES string of the molecule is Cc1ncnc(Oc2cccc(CN)c2)c1F. The van der Waals surface area contributed by atoms with E-state index >= 15 is 0 Å². The lowest BCUT2D eigenvalue weighted by atomic mass is 10.2. The van der Waals surface area contributed by atoms with Crippen molar-refractivity contribution in [3.63, 3.8) is 0 Å². The van der Waals surface area contributed by atoms with E-state index in [1.54, 1.807) is 25.1 Å². The quantitative estimate of drug-likeness (QED) is 0.882. The van der Waals surface area contributed by atoms with Gasteiger partial charge >= 0.3 is 0 Å². The number of nitrogens with zero attached hydrogens (tertiary/aromatic N) is 2. The van der Waals surface area contributed by atoms with Crippen LogP contribution >= 0.6 is 0 Å². The Morgan fingerprint density at radius 2 is 2.18 bits per heavy atom. The molecule has 0 saturated heterocycles. The zero-order chi connectivity index (χ0) is 12.3. The smallest absolute Gasteiger partial charge is 0.259 e. The highest BCUT2D eigenvalue weighted by Crippen LogP contribution is 2.23. The summed E-state index contributed by atoms with van der Waals surface area (Å²) in [6.45, 7) is 1.96. The van der Waals surface area contributed by atoms with Crippen LogP contribution in [-0.2, 0) is 6.54 Å². The fraction of sp³-hybridized carbons (Fsp3) is 0.167. The maximum Gasteiger partial charge on any atom is 0.259 e. The fourth-order valence-corrected chi connectivity index (χ4v) is 1.35. The van der Waals surface area contributed by atoms with Gasteiger partial charge < -0.3 is 10.5 Å². The molecule has 2 aromatic rings. The van der Waals surface area contributed by atoms with Gasteiger partial charge in [-0.05, 0) is 24.6 Å². The third-order valence-corrected chi connectivity index (χ3v) is 2.28. The molecule has 88 valence electrons. The number of aromatic nitrogens is 2. The van der Waals surface area contributed by atoms with Crippen molar-refractivity contribution in [3.05, 3.63) is 47.7 Å². The van der Waals surface area contributed by atoms with Gasteiger partial charge in [0.15, 0.2) is 0 Å². The normalized spacial score (nSPS) is 10.3. The second-order valence-corrected chi connectivity index (χ2v) is 3.53. The average molecular weight is 233 g/mol. The van der Waals surface area contributed by atoms with Crippen LogP contribution in [0.25, 0.3) is 0 Å². The molecule has 0 aliphatic heterocycles. The second kappa shape index (κ2) is 4.88. The third-order valence-electron chi connectivity index (χ3n) is 2.28. The van der Waals surface area contributed by atoms with Gasteiger partial charge in [-0.2, -0.15) is 9.37 Å². The Hall–Kier alpha value is -2.01. The Bertz CT molecular complexity index is 531. The van der Waals surface area contributed by atoms with Crippen LogP contribution in [0.2, 0.25) is 0 Å². The number of benzene rings is 1. The van der Waals surface area contributed by atoms with E-state index in [-0.39, 0.29) is 11.6 Å². The zero-order valence-corrected chi connectivity index (χ0v) is 9.35. The molecule has 1 aromatic heterocycles. The van der Waals surface area contributed by atoms with Crippen LogP contribution in [0.5, 0.6) is 11.6 Å². The summed E-state index contributed by atoms with van der Waals surface area (Å²) in [4.78, 5) is 7.48. The molecule has 0 aliphatic carbocycles. The van der Waals surface area contributed by atoms with Crippen LogP contribution in [0, 0.1) is 12.7 Å². The molecule has 0 bridgehead atoms. The molecule has 5 heteroatoms. The van der Waals surface area contributed by atoms with E-state index in [1.807, 2.05) is 6.07 Å². The van der Waals surface area contributed by atoms with Crippen molar-refractivity contribution in [2.45, 2.75) is 13.5 Å². The van der Waals surface area contributed by atoms with Crippen LogP contribution in [0.4, 0.5) is 4.39 Å². The van der Waals surface area contributed by atoms with E-state index in [4.69, 9.17) is 10.5 Å². The molecule has 0 radical (unpaired) electrons. The number of nitrogens with two attached hydrogens (primary N) is 1. The molecular formula is C12H12FN3O. The zero-order valence-electron chi connectivity index (χ0n) is 9.35. The summed E-state index contributed by atoms with van der Waals surface area (Å²) in [6.07, 6.45) is 1.26. The monoisotopic (exact) mass is 233 g/mol. The predicted octanol–water partition coefficient (Wildman–Crippen LogP) is 2.18. The van der Waals surface area contributed by atoms with E-state index < -0.39 is 5.82 Å². The summed E-state index contributed by atoms with van der Waals surface area (Å²) < 4.78 is 18.9. The number of halogens is 1. The summed E-state index contributed by atoms with van der Waals surface area (Å²) in [5.41, 5.74) is 6.68. The van der Waals surface area contributed by atoms with E-state index in [9.17, 15) is 4.39 Å². The molecule has 1 heterocycles. The van der Waals surface area contributed by atoms with Crippen LogP contribution in [0.3, 0.4) is 0 Å². The summed E-state index contributed by atoms with van der Waals surface area (Å²) in [6, 6.07) is 7.13. The van der Waals surface area contributed by atoms with Crippen molar-refractivity contribution in [1.29, 1.82) is 0 Å². The van der Waals surface area contributed by atoms with Crippen LogP contribution in [0.1, 0.15) is 11.3 Å². The number of hydrogen-bond donors (Lipinski definition) is 1. The van der Waals surface area contributed by atoms with E-state index in [1.165, 1.54) is 6.33 Å². The van der Waals surface area contributed by atoms with E-state index in [0.717, 1.165) is 5.56 Å². The molecule has 0 unspecified atom stereocenters. The van der Waals surface area contributed by atoms with Crippen molar-refractivity contribution in [1.82, 2.24) is 9.97 Å². The number of hydrogen-bond acceptors (Lipinski definition) is 4. The molecule has 0 spiro atoms. The first-order valence-corrected chi connectivity index (χ1v) is 5.14. The highest BCUT2D eigenvalue weighted by atomic mass is 19.1. The standard InChI is InChI=1S/C12H12FN3O/c1-8-11(13)12(16-7-15-8)17-10-4-2-3-9(5-10)6-14/h2-5,7H,6,14H2,1H3. The summed E-state index contributed by atoms with van der Waals surface area (Å²) >= 11 is 0. The average Bonchev–Trinajstić information content (AvgIpc) is 2.35. The molecule has 1 aromatic carbocycles. The number of ether oxygens (including phenoxy) is 1. The Kier molecular flexibility index (Phi) is 3.30.